The van der Waals surface area contributed by atoms with Gasteiger partial charge in [-0.1, -0.05) is 32.8 Å². The molecule has 1 aromatic heterocycles. The molecule has 1 aromatic rings. The molecular formula is C13H21NO2S. The Morgan fingerprint density at radius 3 is 2.59 bits per heavy atom. The van der Waals surface area contributed by atoms with Crippen molar-refractivity contribution in [3.8, 4) is 0 Å². The Balaban J connectivity index is 2.67. The van der Waals surface area contributed by atoms with Crippen LogP contribution < -0.4 is 5.32 Å². The smallest absolute Gasteiger partial charge is 0.320 e. The number of carbonyl (C=O) groups is 1. The molecule has 3 nitrogen and oxygen atoms in total. The van der Waals surface area contributed by atoms with E-state index < -0.39 is 12.0 Å². The second kappa shape index (κ2) is 7.45. The Kier molecular flexibility index (Phi) is 6.22. The van der Waals surface area contributed by atoms with Gasteiger partial charge in [0, 0.05) is 10.9 Å². The van der Waals surface area contributed by atoms with E-state index in [-0.39, 0.29) is 6.04 Å². The quantitative estimate of drug-likeness (QED) is 0.748. The Bertz CT molecular complexity index is 324. The van der Waals surface area contributed by atoms with Gasteiger partial charge in [-0.3, -0.25) is 10.1 Å². The third-order valence-corrected chi connectivity index (χ3v) is 3.73. The van der Waals surface area contributed by atoms with Gasteiger partial charge in [0.05, 0.1) is 0 Å². The van der Waals surface area contributed by atoms with E-state index in [1.807, 2.05) is 18.4 Å². The van der Waals surface area contributed by atoms with Crippen LogP contribution in [0.4, 0.5) is 0 Å². The monoisotopic (exact) mass is 255 g/mol. The Morgan fingerprint density at radius 1 is 1.41 bits per heavy atom. The summed E-state index contributed by atoms with van der Waals surface area (Å²) >= 11 is 1.69. The number of rotatable bonds is 8. The summed E-state index contributed by atoms with van der Waals surface area (Å²) in [5, 5.41) is 14.5. The number of nitrogens with one attached hydrogen (secondary N) is 1. The highest BCUT2D eigenvalue weighted by atomic mass is 32.1. The molecule has 0 bridgehead atoms. The highest BCUT2D eigenvalue weighted by Crippen LogP contribution is 2.24. The van der Waals surface area contributed by atoms with E-state index in [1.165, 1.54) is 4.88 Å². The van der Waals surface area contributed by atoms with Crippen LogP contribution in [0.15, 0.2) is 17.5 Å². The van der Waals surface area contributed by atoms with Crippen molar-refractivity contribution in [1.82, 2.24) is 5.32 Å². The lowest BCUT2D eigenvalue weighted by molar-refractivity contribution is -0.139. The van der Waals surface area contributed by atoms with Crippen LogP contribution in [0.25, 0.3) is 0 Å². The van der Waals surface area contributed by atoms with Crippen LogP contribution in [0.3, 0.4) is 0 Å². The lowest BCUT2D eigenvalue weighted by Crippen LogP contribution is -2.38. The van der Waals surface area contributed by atoms with E-state index in [0.29, 0.717) is 6.42 Å². The molecular weight excluding hydrogens is 234 g/mol. The van der Waals surface area contributed by atoms with Gasteiger partial charge in [0.2, 0.25) is 0 Å². The van der Waals surface area contributed by atoms with Crippen molar-refractivity contribution in [2.24, 2.45) is 0 Å². The molecule has 0 aliphatic carbocycles. The number of aliphatic carboxylic acids is 1. The minimum Gasteiger partial charge on any atom is -0.480 e. The van der Waals surface area contributed by atoms with Crippen LogP contribution in [0.2, 0.25) is 0 Å². The lowest BCUT2D eigenvalue weighted by Gasteiger charge is -2.22. The molecule has 0 fully saturated rings. The van der Waals surface area contributed by atoms with Gasteiger partial charge in [-0.15, -0.1) is 11.3 Å². The van der Waals surface area contributed by atoms with Crippen LogP contribution in [0.5, 0.6) is 0 Å². The van der Waals surface area contributed by atoms with Crippen molar-refractivity contribution in [2.75, 3.05) is 0 Å². The van der Waals surface area contributed by atoms with Gasteiger partial charge in [0.1, 0.15) is 6.04 Å². The largest absolute Gasteiger partial charge is 0.480 e. The summed E-state index contributed by atoms with van der Waals surface area (Å²) in [6.45, 7) is 4.13. The summed E-state index contributed by atoms with van der Waals surface area (Å²) < 4.78 is 0. The van der Waals surface area contributed by atoms with Gasteiger partial charge in [-0.05, 0) is 24.3 Å². The molecule has 96 valence electrons. The van der Waals surface area contributed by atoms with Crippen LogP contribution >= 0.6 is 11.3 Å². The molecule has 17 heavy (non-hydrogen) atoms. The van der Waals surface area contributed by atoms with E-state index >= 15 is 0 Å². The summed E-state index contributed by atoms with van der Waals surface area (Å²) in [4.78, 5) is 12.4. The average molecular weight is 255 g/mol. The molecule has 0 radical (unpaired) electrons. The maximum absolute atomic E-state index is 11.1. The normalized spacial score (nSPS) is 14.5. The summed E-state index contributed by atoms with van der Waals surface area (Å²) in [5.74, 6) is -0.746. The Hall–Kier alpha value is -0.870. The molecule has 1 heterocycles. The molecule has 0 aliphatic rings. The molecule has 0 saturated heterocycles. The molecule has 4 heteroatoms. The summed E-state index contributed by atoms with van der Waals surface area (Å²) in [7, 11) is 0. The van der Waals surface area contributed by atoms with Crippen molar-refractivity contribution in [1.29, 1.82) is 0 Å². The van der Waals surface area contributed by atoms with Crippen molar-refractivity contribution in [3.63, 3.8) is 0 Å². The molecule has 0 aromatic carbocycles. The number of hydrogen-bond acceptors (Lipinski definition) is 3. The molecule has 2 N–H and O–H groups in total. The van der Waals surface area contributed by atoms with E-state index in [9.17, 15) is 4.79 Å². The molecule has 2 atom stereocenters. The van der Waals surface area contributed by atoms with Gasteiger partial charge >= 0.3 is 5.97 Å². The summed E-state index contributed by atoms with van der Waals surface area (Å²) in [5.41, 5.74) is 0. The zero-order valence-corrected chi connectivity index (χ0v) is 11.3. The second-order valence-corrected chi connectivity index (χ2v) is 5.18. The number of thiophene rings is 1. The zero-order chi connectivity index (χ0) is 12.7. The molecule has 0 spiro atoms. The zero-order valence-electron chi connectivity index (χ0n) is 10.5. The topological polar surface area (TPSA) is 49.3 Å². The predicted molar refractivity (Wildman–Crippen MR) is 71.4 cm³/mol. The van der Waals surface area contributed by atoms with E-state index in [0.717, 1.165) is 19.3 Å². The second-order valence-electron chi connectivity index (χ2n) is 4.20. The van der Waals surface area contributed by atoms with Gasteiger partial charge in [0.15, 0.2) is 0 Å². The minimum atomic E-state index is -0.746. The fourth-order valence-electron chi connectivity index (χ4n) is 1.90. The van der Waals surface area contributed by atoms with E-state index in [4.69, 9.17) is 5.11 Å². The predicted octanol–water partition coefficient (Wildman–Crippen LogP) is 3.43. The number of carboxylic acids is 1. The molecule has 0 aliphatic heterocycles. The van der Waals surface area contributed by atoms with Crippen LogP contribution in [0.1, 0.15) is 50.4 Å². The van der Waals surface area contributed by atoms with Crippen LogP contribution in [-0.4, -0.2) is 17.1 Å². The maximum Gasteiger partial charge on any atom is 0.320 e. The first-order chi connectivity index (χ1) is 8.19. The fourth-order valence-corrected chi connectivity index (χ4v) is 2.72. The number of carboxylic acid groups (broad SMARTS) is 1. The lowest BCUT2D eigenvalue weighted by atomic mass is 10.1. The third kappa shape index (κ3) is 4.48. The Morgan fingerprint density at radius 2 is 2.12 bits per heavy atom. The fraction of sp³-hybridized carbons (Fsp3) is 0.615. The summed E-state index contributed by atoms with van der Waals surface area (Å²) in [6, 6.07) is 3.83. The van der Waals surface area contributed by atoms with Crippen LogP contribution in [0, 0.1) is 0 Å². The number of hydrogen-bond donors (Lipinski definition) is 2. The van der Waals surface area contributed by atoms with E-state index in [2.05, 4.69) is 18.3 Å². The first-order valence-corrected chi connectivity index (χ1v) is 7.09. The highest BCUT2D eigenvalue weighted by molar-refractivity contribution is 7.10. The van der Waals surface area contributed by atoms with Gasteiger partial charge in [0.25, 0.3) is 0 Å². The Labute approximate surface area is 107 Å². The van der Waals surface area contributed by atoms with Crippen LogP contribution in [-0.2, 0) is 4.79 Å². The van der Waals surface area contributed by atoms with Crippen molar-refractivity contribution >= 4 is 17.3 Å². The molecule has 0 saturated carbocycles. The van der Waals surface area contributed by atoms with Gasteiger partial charge < -0.3 is 5.11 Å². The minimum absolute atomic E-state index is 0.174. The third-order valence-electron chi connectivity index (χ3n) is 2.74. The molecule has 1 rings (SSSR count). The van der Waals surface area contributed by atoms with E-state index in [1.54, 1.807) is 11.3 Å². The standard InChI is InChI=1S/C13H21NO2S/c1-3-6-10(12-8-5-9-17-12)14-11(7-4-2)13(15)16/h5,8-11,14H,3-4,6-7H2,1-2H3,(H,15,16). The SMILES string of the molecule is CCCC(NC(CCC)c1cccs1)C(=O)O. The van der Waals surface area contributed by atoms with Crippen molar-refractivity contribution in [3.05, 3.63) is 22.4 Å². The first kappa shape index (κ1) is 14.2. The summed E-state index contributed by atoms with van der Waals surface area (Å²) in [6.07, 6.45) is 3.59. The molecule has 0 amide bonds. The van der Waals surface area contributed by atoms with Crippen molar-refractivity contribution < 1.29 is 9.90 Å². The van der Waals surface area contributed by atoms with Gasteiger partial charge in [-0.2, -0.15) is 0 Å². The van der Waals surface area contributed by atoms with Crippen molar-refractivity contribution in [2.45, 2.75) is 51.6 Å². The maximum atomic E-state index is 11.1. The molecule has 2 unspecified atom stereocenters. The first-order valence-electron chi connectivity index (χ1n) is 6.21. The highest BCUT2D eigenvalue weighted by Gasteiger charge is 2.21. The average Bonchev–Trinajstić information content (AvgIpc) is 2.80. The van der Waals surface area contributed by atoms with Gasteiger partial charge in [-0.25, -0.2) is 0 Å².